The van der Waals surface area contributed by atoms with E-state index < -0.39 is 31.3 Å². The molecule has 0 saturated heterocycles. The second-order valence-corrected chi connectivity index (χ2v) is 6.24. The average Bonchev–Trinajstić information content (AvgIpc) is 2.35. The molecule has 0 aliphatic carbocycles. The first-order chi connectivity index (χ1) is 9.16. The summed E-state index contributed by atoms with van der Waals surface area (Å²) in [6, 6.07) is 2.85. The molecule has 0 aliphatic heterocycles. The zero-order chi connectivity index (χ0) is 15.5. The smallest absolute Gasteiger partial charge is 0.305 e. The van der Waals surface area contributed by atoms with Crippen molar-refractivity contribution in [2.75, 3.05) is 20.6 Å². The number of hydrogen-bond donors (Lipinski definition) is 1. The van der Waals surface area contributed by atoms with Crippen LogP contribution in [-0.2, 0) is 10.0 Å². The van der Waals surface area contributed by atoms with Crippen LogP contribution in [0.3, 0.4) is 0 Å². The van der Waals surface area contributed by atoms with Crippen molar-refractivity contribution in [2.24, 2.45) is 0 Å². The number of nitrogens with one attached hydrogen (secondary N) is 1. The van der Waals surface area contributed by atoms with Crippen molar-refractivity contribution in [3.05, 3.63) is 34.1 Å². The van der Waals surface area contributed by atoms with Gasteiger partial charge in [0.2, 0.25) is 15.8 Å². The van der Waals surface area contributed by atoms with Gasteiger partial charge in [0.1, 0.15) is 0 Å². The summed E-state index contributed by atoms with van der Waals surface area (Å²) in [5, 5.41) is 10.8. The van der Waals surface area contributed by atoms with Crippen LogP contribution in [0.5, 0.6) is 0 Å². The van der Waals surface area contributed by atoms with Gasteiger partial charge < -0.3 is 4.90 Å². The van der Waals surface area contributed by atoms with E-state index in [9.17, 15) is 22.9 Å². The predicted octanol–water partition coefficient (Wildman–Crippen LogP) is 0.962. The number of halogens is 1. The Hall–Kier alpha value is -1.58. The molecule has 0 radical (unpaired) electrons. The Morgan fingerprint density at radius 3 is 2.55 bits per heavy atom. The fourth-order valence-corrected chi connectivity index (χ4v) is 2.68. The first-order valence-electron chi connectivity index (χ1n) is 5.76. The lowest BCUT2D eigenvalue weighted by molar-refractivity contribution is -0.390. The van der Waals surface area contributed by atoms with Crippen molar-refractivity contribution in [3.63, 3.8) is 0 Å². The Bertz CT molecular complexity index is 604. The molecule has 1 atom stereocenters. The first-order valence-corrected chi connectivity index (χ1v) is 7.24. The summed E-state index contributed by atoms with van der Waals surface area (Å²) in [5.74, 6) is -1.18. The summed E-state index contributed by atoms with van der Waals surface area (Å²) in [6.07, 6.45) is 0. The Morgan fingerprint density at radius 1 is 1.45 bits per heavy atom. The average molecular weight is 305 g/mol. The van der Waals surface area contributed by atoms with Gasteiger partial charge in [-0.1, -0.05) is 6.07 Å². The molecule has 1 aromatic carbocycles. The maximum absolute atomic E-state index is 13.4. The monoisotopic (exact) mass is 305 g/mol. The van der Waals surface area contributed by atoms with Crippen molar-refractivity contribution in [2.45, 2.75) is 17.9 Å². The summed E-state index contributed by atoms with van der Waals surface area (Å²) in [6.45, 7) is 1.84. The minimum Gasteiger partial charge on any atom is -0.305 e. The molecule has 1 N–H and O–H groups in total. The van der Waals surface area contributed by atoms with Gasteiger partial charge in [-0.25, -0.2) is 13.1 Å². The maximum Gasteiger partial charge on any atom is 0.324 e. The summed E-state index contributed by atoms with van der Waals surface area (Å²) in [5.41, 5.74) is -1.04. The van der Waals surface area contributed by atoms with Crippen LogP contribution in [0.2, 0.25) is 0 Å². The lowest BCUT2D eigenvalue weighted by Gasteiger charge is -2.19. The number of hydrogen-bond acceptors (Lipinski definition) is 5. The first kappa shape index (κ1) is 16.5. The molecule has 112 valence electrons. The van der Waals surface area contributed by atoms with Gasteiger partial charge in [0.25, 0.3) is 0 Å². The van der Waals surface area contributed by atoms with Gasteiger partial charge in [-0.2, -0.15) is 4.39 Å². The van der Waals surface area contributed by atoms with Crippen LogP contribution in [-0.4, -0.2) is 44.9 Å². The number of nitro groups is 1. The molecule has 0 amide bonds. The third kappa shape index (κ3) is 3.71. The Kier molecular flexibility index (Phi) is 5.15. The van der Waals surface area contributed by atoms with Crippen molar-refractivity contribution < 1.29 is 17.7 Å². The Balaban J connectivity index is 3.11. The zero-order valence-electron chi connectivity index (χ0n) is 11.3. The largest absolute Gasteiger partial charge is 0.324 e. The number of nitro benzene ring substituents is 1. The molecular formula is C11H16FN3O4S. The zero-order valence-corrected chi connectivity index (χ0v) is 12.1. The minimum atomic E-state index is -4.15. The summed E-state index contributed by atoms with van der Waals surface area (Å²) in [7, 11) is -0.610. The molecule has 1 rings (SSSR count). The van der Waals surface area contributed by atoms with Gasteiger partial charge in [-0.15, -0.1) is 0 Å². The molecule has 7 nitrogen and oxygen atoms in total. The maximum atomic E-state index is 13.4. The van der Waals surface area contributed by atoms with Crippen molar-refractivity contribution in [3.8, 4) is 0 Å². The topological polar surface area (TPSA) is 92.5 Å². The number of rotatable bonds is 6. The van der Waals surface area contributed by atoms with E-state index in [1.54, 1.807) is 25.9 Å². The van der Waals surface area contributed by atoms with Crippen LogP contribution >= 0.6 is 0 Å². The van der Waals surface area contributed by atoms with Gasteiger partial charge >= 0.3 is 5.69 Å². The van der Waals surface area contributed by atoms with E-state index in [-0.39, 0.29) is 12.6 Å². The lowest BCUT2D eigenvalue weighted by Crippen LogP contribution is -2.38. The second-order valence-electron chi connectivity index (χ2n) is 4.51. The fraction of sp³-hybridized carbons (Fsp3) is 0.455. The quantitative estimate of drug-likeness (QED) is 0.624. The van der Waals surface area contributed by atoms with E-state index >= 15 is 0 Å². The van der Waals surface area contributed by atoms with E-state index in [1.165, 1.54) is 0 Å². The molecule has 20 heavy (non-hydrogen) atoms. The molecule has 0 spiro atoms. The van der Waals surface area contributed by atoms with Crippen LogP contribution < -0.4 is 4.72 Å². The molecule has 0 bridgehead atoms. The molecule has 0 saturated carbocycles. The summed E-state index contributed by atoms with van der Waals surface area (Å²) >= 11 is 0. The third-order valence-corrected chi connectivity index (χ3v) is 4.33. The Morgan fingerprint density at radius 2 is 2.05 bits per heavy atom. The molecule has 9 heteroatoms. The van der Waals surface area contributed by atoms with Gasteiger partial charge in [-0.05, 0) is 33.2 Å². The van der Waals surface area contributed by atoms with E-state index in [0.717, 1.165) is 18.2 Å². The number of likely N-dealkylation sites (N-methyl/N-ethyl adjacent to an activating group) is 1. The summed E-state index contributed by atoms with van der Waals surface area (Å²) < 4.78 is 39.7. The van der Waals surface area contributed by atoms with Crippen LogP contribution in [0.15, 0.2) is 23.1 Å². The SMILES string of the molecule is CC(CNS(=O)(=O)c1cccc(F)c1[N+](=O)[O-])N(C)C. The normalized spacial score (nSPS) is 13.4. The minimum absolute atomic E-state index is 0.0585. The van der Waals surface area contributed by atoms with Gasteiger partial charge in [-0.3, -0.25) is 10.1 Å². The van der Waals surface area contributed by atoms with Crippen LogP contribution in [0, 0.1) is 15.9 Å². The molecule has 0 heterocycles. The highest BCUT2D eigenvalue weighted by atomic mass is 32.2. The molecular weight excluding hydrogens is 289 g/mol. The van der Waals surface area contributed by atoms with E-state index in [4.69, 9.17) is 0 Å². The Labute approximate surface area is 116 Å². The van der Waals surface area contributed by atoms with E-state index in [2.05, 4.69) is 4.72 Å². The van der Waals surface area contributed by atoms with Gasteiger partial charge in [0.05, 0.1) is 4.92 Å². The number of sulfonamides is 1. The van der Waals surface area contributed by atoms with Crippen LogP contribution in [0.25, 0.3) is 0 Å². The second kappa shape index (κ2) is 6.25. The molecule has 1 aromatic rings. The van der Waals surface area contributed by atoms with E-state index in [1.807, 2.05) is 0 Å². The number of benzene rings is 1. The highest BCUT2D eigenvalue weighted by molar-refractivity contribution is 7.89. The molecule has 0 fully saturated rings. The highest BCUT2D eigenvalue weighted by Gasteiger charge is 2.29. The van der Waals surface area contributed by atoms with Gasteiger partial charge in [0, 0.05) is 12.6 Å². The standard InChI is InChI=1S/C11H16FN3O4S/c1-8(14(2)3)7-13-20(18,19)10-6-4-5-9(12)11(10)15(16)17/h4-6,8,13H,7H2,1-3H3. The fourth-order valence-electron chi connectivity index (χ4n) is 1.38. The van der Waals surface area contributed by atoms with Crippen LogP contribution in [0.4, 0.5) is 10.1 Å². The van der Waals surface area contributed by atoms with Crippen molar-refractivity contribution in [1.29, 1.82) is 0 Å². The summed E-state index contributed by atoms with van der Waals surface area (Å²) in [4.78, 5) is 10.9. The van der Waals surface area contributed by atoms with E-state index in [0.29, 0.717) is 0 Å². The number of nitrogens with zero attached hydrogens (tertiary/aromatic N) is 2. The predicted molar refractivity (Wildman–Crippen MR) is 71.4 cm³/mol. The number of para-hydroxylation sites is 1. The molecule has 0 aromatic heterocycles. The third-order valence-electron chi connectivity index (χ3n) is 2.87. The molecule has 1 unspecified atom stereocenters. The van der Waals surface area contributed by atoms with Crippen molar-refractivity contribution >= 4 is 15.7 Å². The lowest BCUT2D eigenvalue weighted by atomic mass is 10.3. The van der Waals surface area contributed by atoms with Crippen LogP contribution in [0.1, 0.15) is 6.92 Å². The van der Waals surface area contributed by atoms with Crippen molar-refractivity contribution in [1.82, 2.24) is 9.62 Å². The highest BCUT2D eigenvalue weighted by Crippen LogP contribution is 2.26. The van der Waals surface area contributed by atoms with Gasteiger partial charge in [0.15, 0.2) is 4.90 Å². The molecule has 0 aliphatic rings.